The van der Waals surface area contributed by atoms with Crippen LogP contribution in [0.25, 0.3) is 11.5 Å². The third kappa shape index (κ3) is 1.60. The third-order valence-electron chi connectivity index (χ3n) is 2.42. The number of aromatic amines is 1. The number of aromatic nitrogens is 4. The lowest BCUT2D eigenvalue weighted by Gasteiger charge is -1.92. The van der Waals surface area contributed by atoms with Gasteiger partial charge in [-0.25, -0.2) is 14.4 Å². The molecule has 1 fully saturated rings. The van der Waals surface area contributed by atoms with Crippen molar-refractivity contribution in [2.75, 3.05) is 0 Å². The Balaban J connectivity index is 1.93. The molecule has 15 heavy (non-hydrogen) atoms. The molecule has 4 nitrogen and oxygen atoms in total. The van der Waals surface area contributed by atoms with Crippen molar-refractivity contribution in [2.45, 2.75) is 18.8 Å². The first-order valence-electron chi connectivity index (χ1n) is 4.87. The Morgan fingerprint density at radius 1 is 1.33 bits per heavy atom. The van der Waals surface area contributed by atoms with Crippen molar-refractivity contribution in [3.05, 3.63) is 30.0 Å². The fourth-order valence-electron chi connectivity index (χ4n) is 1.44. The molecule has 76 valence electrons. The fourth-order valence-corrected chi connectivity index (χ4v) is 1.44. The average molecular weight is 204 g/mol. The summed E-state index contributed by atoms with van der Waals surface area (Å²) in [6.07, 6.45) is 3.51. The van der Waals surface area contributed by atoms with Crippen LogP contribution in [0.5, 0.6) is 0 Å². The molecule has 1 aliphatic carbocycles. The second-order valence-corrected chi connectivity index (χ2v) is 3.68. The minimum absolute atomic E-state index is 0.350. The Morgan fingerprint density at radius 3 is 2.87 bits per heavy atom. The molecule has 2 heterocycles. The van der Waals surface area contributed by atoms with Gasteiger partial charge in [0.2, 0.25) is 0 Å². The van der Waals surface area contributed by atoms with Gasteiger partial charge in [-0.15, -0.1) is 0 Å². The Hall–Kier alpha value is -1.78. The molecule has 0 aliphatic heterocycles. The zero-order valence-corrected chi connectivity index (χ0v) is 7.94. The van der Waals surface area contributed by atoms with E-state index in [1.54, 1.807) is 6.07 Å². The maximum atomic E-state index is 12.6. The number of nitrogens with zero attached hydrogens (tertiary/aromatic N) is 3. The van der Waals surface area contributed by atoms with Gasteiger partial charge in [-0.05, 0) is 25.0 Å². The van der Waals surface area contributed by atoms with Crippen LogP contribution < -0.4 is 0 Å². The summed E-state index contributed by atoms with van der Waals surface area (Å²) in [6, 6.07) is 2.94. The van der Waals surface area contributed by atoms with Gasteiger partial charge in [0.15, 0.2) is 5.82 Å². The summed E-state index contributed by atoms with van der Waals surface area (Å²) in [5.41, 5.74) is 0.597. The molecular formula is C10H9FN4. The number of nitrogens with one attached hydrogen (secondary N) is 1. The van der Waals surface area contributed by atoms with E-state index in [2.05, 4.69) is 20.2 Å². The van der Waals surface area contributed by atoms with Crippen LogP contribution in [0, 0.1) is 5.82 Å². The van der Waals surface area contributed by atoms with Gasteiger partial charge in [0.05, 0.1) is 6.20 Å². The SMILES string of the molecule is Fc1ccc(-c2n[nH]c(C3CC3)n2)nc1. The summed E-state index contributed by atoms with van der Waals surface area (Å²) in [6.45, 7) is 0. The van der Waals surface area contributed by atoms with Crippen LogP contribution in [-0.4, -0.2) is 20.2 Å². The van der Waals surface area contributed by atoms with E-state index in [1.807, 2.05) is 0 Å². The molecule has 0 unspecified atom stereocenters. The molecule has 1 N–H and O–H groups in total. The summed E-state index contributed by atoms with van der Waals surface area (Å²) < 4.78 is 12.6. The number of pyridine rings is 1. The fraction of sp³-hybridized carbons (Fsp3) is 0.300. The van der Waals surface area contributed by atoms with E-state index < -0.39 is 0 Å². The minimum atomic E-state index is -0.350. The number of hydrogen-bond donors (Lipinski definition) is 1. The van der Waals surface area contributed by atoms with E-state index in [0.29, 0.717) is 17.4 Å². The molecule has 2 aromatic heterocycles. The smallest absolute Gasteiger partial charge is 0.199 e. The largest absolute Gasteiger partial charge is 0.262 e. The van der Waals surface area contributed by atoms with Crippen LogP contribution in [0.2, 0.25) is 0 Å². The molecule has 0 saturated heterocycles. The Morgan fingerprint density at radius 2 is 2.20 bits per heavy atom. The first-order chi connectivity index (χ1) is 7.33. The second kappa shape index (κ2) is 3.12. The Kier molecular flexibility index (Phi) is 1.77. The predicted octanol–water partition coefficient (Wildman–Crippen LogP) is 1.88. The van der Waals surface area contributed by atoms with Gasteiger partial charge < -0.3 is 0 Å². The van der Waals surface area contributed by atoms with E-state index in [-0.39, 0.29) is 5.82 Å². The standard InChI is InChI=1S/C10H9FN4/c11-7-3-4-8(12-5-7)10-13-9(14-15-10)6-1-2-6/h3-6H,1-2H2,(H,13,14,15). The van der Waals surface area contributed by atoms with Gasteiger partial charge >= 0.3 is 0 Å². The molecular weight excluding hydrogens is 195 g/mol. The highest BCUT2D eigenvalue weighted by Crippen LogP contribution is 2.38. The van der Waals surface area contributed by atoms with Crippen molar-refractivity contribution in [1.82, 2.24) is 20.2 Å². The summed E-state index contributed by atoms with van der Waals surface area (Å²) in [5, 5.41) is 6.94. The van der Waals surface area contributed by atoms with Crippen LogP contribution in [0.15, 0.2) is 18.3 Å². The van der Waals surface area contributed by atoms with E-state index >= 15 is 0 Å². The van der Waals surface area contributed by atoms with Crippen molar-refractivity contribution >= 4 is 0 Å². The summed E-state index contributed by atoms with van der Waals surface area (Å²) in [4.78, 5) is 8.24. The second-order valence-electron chi connectivity index (χ2n) is 3.68. The normalized spacial score (nSPS) is 15.5. The zero-order chi connectivity index (χ0) is 10.3. The molecule has 2 aromatic rings. The van der Waals surface area contributed by atoms with Gasteiger partial charge in [-0.1, -0.05) is 0 Å². The molecule has 5 heteroatoms. The monoisotopic (exact) mass is 204 g/mol. The van der Waals surface area contributed by atoms with Crippen LogP contribution in [0.1, 0.15) is 24.6 Å². The van der Waals surface area contributed by atoms with Crippen LogP contribution in [0.3, 0.4) is 0 Å². The Labute approximate surface area is 85.6 Å². The average Bonchev–Trinajstić information content (AvgIpc) is 2.99. The summed E-state index contributed by atoms with van der Waals surface area (Å²) in [7, 11) is 0. The topological polar surface area (TPSA) is 54.5 Å². The maximum Gasteiger partial charge on any atom is 0.199 e. The van der Waals surface area contributed by atoms with Crippen LogP contribution in [0.4, 0.5) is 4.39 Å². The lowest BCUT2D eigenvalue weighted by atomic mass is 10.3. The van der Waals surface area contributed by atoms with Crippen molar-refractivity contribution < 1.29 is 4.39 Å². The minimum Gasteiger partial charge on any atom is -0.262 e. The van der Waals surface area contributed by atoms with Crippen LogP contribution in [-0.2, 0) is 0 Å². The summed E-state index contributed by atoms with van der Waals surface area (Å²) >= 11 is 0. The third-order valence-corrected chi connectivity index (χ3v) is 2.42. The van der Waals surface area contributed by atoms with Crippen molar-refractivity contribution in [2.24, 2.45) is 0 Å². The predicted molar refractivity (Wildman–Crippen MR) is 51.5 cm³/mol. The molecule has 0 spiro atoms. The zero-order valence-electron chi connectivity index (χ0n) is 7.94. The highest BCUT2D eigenvalue weighted by atomic mass is 19.1. The molecule has 0 aromatic carbocycles. The Bertz CT molecular complexity index is 472. The number of rotatable bonds is 2. The number of halogens is 1. The lowest BCUT2D eigenvalue weighted by Crippen LogP contribution is -1.86. The maximum absolute atomic E-state index is 12.6. The quantitative estimate of drug-likeness (QED) is 0.812. The molecule has 0 atom stereocenters. The summed E-state index contributed by atoms with van der Waals surface area (Å²) in [5.74, 6) is 1.64. The molecule has 1 saturated carbocycles. The van der Waals surface area contributed by atoms with E-state index in [4.69, 9.17) is 0 Å². The van der Waals surface area contributed by atoms with Gasteiger partial charge in [0.1, 0.15) is 17.3 Å². The van der Waals surface area contributed by atoms with Crippen molar-refractivity contribution in [3.8, 4) is 11.5 Å². The molecule has 3 rings (SSSR count). The van der Waals surface area contributed by atoms with Gasteiger partial charge in [-0.2, -0.15) is 5.10 Å². The lowest BCUT2D eigenvalue weighted by molar-refractivity contribution is 0.621. The molecule has 1 aliphatic rings. The van der Waals surface area contributed by atoms with Crippen molar-refractivity contribution in [1.29, 1.82) is 0 Å². The first-order valence-corrected chi connectivity index (χ1v) is 4.87. The van der Waals surface area contributed by atoms with Gasteiger partial charge in [0.25, 0.3) is 0 Å². The highest BCUT2D eigenvalue weighted by Gasteiger charge is 2.27. The molecule has 0 radical (unpaired) electrons. The van der Waals surface area contributed by atoms with Crippen molar-refractivity contribution in [3.63, 3.8) is 0 Å². The highest BCUT2D eigenvalue weighted by molar-refractivity contribution is 5.47. The number of H-pyrrole nitrogens is 1. The van der Waals surface area contributed by atoms with E-state index in [1.165, 1.54) is 25.1 Å². The molecule has 0 amide bonds. The van der Waals surface area contributed by atoms with Crippen LogP contribution >= 0.6 is 0 Å². The van der Waals surface area contributed by atoms with E-state index in [9.17, 15) is 4.39 Å². The first kappa shape index (κ1) is 8.52. The van der Waals surface area contributed by atoms with Gasteiger partial charge in [-0.3, -0.25) is 5.10 Å². The van der Waals surface area contributed by atoms with Gasteiger partial charge in [0, 0.05) is 5.92 Å². The molecule has 0 bridgehead atoms. The number of hydrogen-bond acceptors (Lipinski definition) is 3. The van der Waals surface area contributed by atoms with E-state index in [0.717, 1.165) is 5.82 Å².